The number of carbonyl (C=O) groups excluding carboxylic acids is 1. The van der Waals surface area contributed by atoms with Crippen LogP contribution in [0.2, 0.25) is 5.02 Å². The summed E-state index contributed by atoms with van der Waals surface area (Å²) in [7, 11) is 3.48. The average molecular weight is 304 g/mol. The fourth-order valence-electron chi connectivity index (χ4n) is 2.19. The van der Waals surface area contributed by atoms with Gasteiger partial charge in [0.2, 0.25) is 0 Å². The van der Waals surface area contributed by atoms with Crippen LogP contribution in [0.15, 0.2) is 30.5 Å². The van der Waals surface area contributed by atoms with Crippen molar-refractivity contribution in [1.29, 1.82) is 0 Å². The van der Waals surface area contributed by atoms with Crippen LogP contribution in [0.5, 0.6) is 0 Å². The van der Waals surface area contributed by atoms with Gasteiger partial charge >= 0.3 is 0 Å². The first kappa shape index (κ1) is 15.3. The predicted octanol–water partition coefficient (Wildman–Crippen LogP) is 3.67. The Hall–Kier alpha value is -2.07. The third kappa shape index (κ3) is 3.34. The van der Waals surface area contributed by atoms with Gasteiger partial charge in [0.15, 0.2) is 0 Å². The lowest BCUT2D eigenvalue weighted by atomic mass is 10.1. The second-order valence-corrected chi connectivity index (χ2v) is 5.42. The normalized spacial score (nSPS) is 10.3. The quantitative estimate of drug-likeness (QED) is 0.941. The third-order valence-electron chi connectivity index (χ3n) is 3.22. The van der Waals surface area contributed by atoms with Crippen molar-refractivity contribution in [2.45, 2.75) is 13.8 Å². The Bertz CT molecular complexity index is 665. The smallest absolute Gasteiger partial charge is 0.259 e. The van der Waals surface area contributed by atoms with E-state index >= 15 is 0 Å². The number of aromatic nitrogens is 1. The summed E-state index contributed by atoms with van der Waals surface area (Å²) in [5, 5.41) is 3.30. The zero-order chi connectivity index (χ0) is 15.6. The number of aryl methyl sites for hydroxylation is 2. The van der Waals surface area contributed by atoms with Gasteiger partial charge in [-0.25, -0.2) is 4.98 Å². The van der Waals surface area contributed by atoms with Gasteiger partial charge in [0.05, 0.1) is 10.6 Å². The molecule has 0 aliphatic heterocycles. The van der Waals surface area contributed by atoms with Crippen molar-refractivity contribution in [3.05, 3.63) is 52.2 Å². The van der Waals surface area contributed by atoms with E-state index < -0.39 is 0 Å². The molecule has 1 aromatic carbocycles. The lowest BCUT2D eigenvalue weighted by Gasteiger charge is -2.19. The van der Waals surface area contributed by atoms with E-state index in [0.717, 1.165) is 16.8 Å². The fourth-order valence-corrected chi connectivity index (χ4v) is 2.45. The fraction of sp³-hybridized carbons (Fsp3) is 0.250. The first-order chi connectivity index (χ1) is 9.92. The minimum atomic E-state index is -0.142. The summed E-state index contributed by atoms with van der Waals surface area (Å²) < 4.78 is 0. The van der Waals surface area contributed by atoms with Gasteiger partial charge in [0.25, 0.3) is 5.91 Å². The summed E-state index contributed by atoms with van der Waals surface area (Å²) in [5.41, 5.74) is 3.55. The summed E-state index contributed by atoms with van der Waals surface area (Å²) >= 11 is 6.08. The first-order valence-corrected chi connectivity index (χ1v) is 7.00. The van der Waals surface area contributed by atoms with Crippen LogP contribution in [0, 0.1) is 13.8 Å². The maximum absolute atomic E-state index is 12.5. The number of carbonyl (C=O) groups is 1. The first-order valence-electron chi connectivity index (χ1n) is 6.62. The lowest BCUT2D eigenvalue weighted by Crippen LogP contribution is -2.26. The highest BCUT2D eigenvalue weighted by molar-refractivity contribution is 6.33. The van der Waals surface area contributed by atoms with Crippen LogP contribution in [-0.4, -0.2) is 25.0 Å². The molecule has 0 spiro atoms. The van der Waals surface area contributed by atoms with Crippen LogP contribution in [-0.2, 0) is 0 Å². The van der Waals surface area contributed by atoms with Crippen LogP contribution < -0.4 is 10.2 Å². The molecule has 0 aliphatic carbocycles. The summed E-state index contributed by atoms with van der Waals surface area (Å²) in [6, 6.07) is 7.65. The van der Waals surface area contributed by atoms with Gasteiger partial charge in [-0.15, -0.1) is 0 Å². The molecule has 0 aliphatic rings. The largest absolute Gasteiger partial charge is 0.372 e. The monoisotopic (exact) mass is 303 g/mol. The number of pyridine rings is 1. The minimum absolute atomic E-state index is 0.142. The Morgan fingerprint density at radius 1 is 1.19 bits per heavy atom. The molecule has 0 saturated carbocycles. The molecule has 1 heterocycles. The molecule has 4 nitrogen and oxygen atoms in total. The third-order valence-corrected chi connectivity index (χ3v) is 3.51. The van der Waals surface area contributed by atoms with Crippen LogP contribution in [0.1, 0.15) is 21.5 Å². The number of hydrogen-bond acceptors (Lipinski definition) is 3. The van der Waals surface area contributed by atoms with Gasteiger partial charge in [0.1, 0.15) is 5.82 Å². The summed E-state index contributed by atoms with van der Waals surface area (Å²) in [4.78, 5) is 18.3. The Morgan fingerprint density at radius 2 is 1.81 bits per heavy atom. The van der Waals surface area contributed by atoms with E-state index in [4.69, 9.17) is 11.6 Å². The van der Waals surface area contributed by atoms with Crippen molar-refractivity contribution in [3.63, 3.8) is 0 Å². The van der Waals surface area contributed by atoms with E-state index in [1.807, 2.05) is 26.0 Å². The van der Waals surface area contributed by atoms with Crippen molar-refractivity contribution in [2.24, 2.45) is 0 Å². The van der Waals surface area contributed by atoms with Crippen molar-refractivity contribution in [2.75, 3.05) is 24.3 Å². The molecule has 0 unspecified atom stereocenters. The minimum Gasteiger partial charge on any atom is -0.372 e. The molecule has 0 bridgehead atoms. The van der Waals surface area contributed by atoms with Gasteiger partial charge in [-0.3, -0.25) is 4.79 Å². The highest BCUT2D eigenvalue weighted by Gasteiger charge is 2.16. The van der Waals surface area contributed by atoms with Gasteiger partial charge in [0, 0.05) is 26.0 Å². The molecule has 1 aromatic heterocycles. The van der Waals surface area contributed by atoms with E-state index in [2.05, 4.69) is 16.4 Å². The SMILES string of the molecule is CNc1ncc(C(=O)N(C)c2cc(C)cc(C)c2)cc1Cl. The van der Waals surface area contributed by atoms with Crippen molar-refractivity contribution in [3.8, 4) is 0 Å². The Morgan fingerprint density at radius 3 is 2.33 bits per heavy atom. The number of nitrogens with one attached hydrogen (secondary N) is 1. The number of anilines is 2. The number of benzene rings is 1. The number of halogens is 1. The number of nitrogens with zero attached hydrogens (tertiary/aromatic N) is 2. The van der Waals surface area contributed by atoms with Crippen molar-refractivity contribution < 1.29 is 4.79 Å². The molecule has 2 rings (SSSR count). The molecule has 0 atom stereocenters. The standard InChI is InChI=1S/C16H18ClN3O/c1-10-5-11(2)7-13(6-10)20(4)16(21)12-8-14(17)15(18-3)19-9-12/h5-9H,1-4H3,(H,18,19). The molecule has 1 N–H and O–H groups in total. The van der Waals surface area contributed by atoms with Crippen LogP contribution in [0.25, 0.3) is 0 Å². The zero-order valence-electron chi connectivity index (χ0n) is 12.6. The molecule has 1 amide bonds. The van der Waals surface area contributed by atoms with Crippen LogP contribution in [0.4, 0.5) is 11.5 Å². The second-order valence-electron chi connectivity index (χ2n) is 5.01. The topological polar surface area (TPSA) is 45.2 Å². The van der Waals surface area contributed by atoms with Gasteiger partial charge in [-0.1, -0.05) is 17.7 Å². The summed E-state index contributed by atoms with van der Waals surface area (Å²) in [6.45, 7) is 4.02. The second kappa shape index (κ2) is 6.14. The van der Waals surface area contributed by atoms with Crippen LogP contribution >= 0.6 is 11.6 Å². The molecular weight excluding hydrogens is 286 g/mol. The van der Waals surface area contributed by atoms with E-state index in [-0.39, 0.29) is 5.91 Å². The maximum Gasteiger partial charge on any atom is 0.259 e. The highest BCUT2D eigenvalue weighted by atomic mass is 35.5. The van der Waals surface area contributed by atoms with Crippen molar-refractivity contribution in [1.82, 2.24) is 4.98 Å². The lowest BCUT2D eigenvalue weighted by molar-refractivity contribution is 0.0992. The average Bonchev–Trinajstić information content (AvgIpc) is 2.44. The van der Waals surface area contributed by atoms with E-state index in [0.29, 0.717) is 16.4 Å². The Balaban J connectivity index is 2.32. The molecule has 2 aromatic rings. The highest BCUT2D eigenvalue weighted by Crippen LogP contribution is 2.23. The van der Waals surface area contributed by atoms with E-state index in [9.17, 15) is 4.79 Å². The van der Waals surface area contributed by atoms with Gasteiger partial charge in [-0.2, -0.15) is 0 Å². The molecule has 21 heavy (non-hydrogen) atoms. The molecule has 0 radical (unpaired) electrons. The molecule has 0 fully saturated rings. The molecule has 110 valence electrons. The predicted molar refractivity (Wildman–Crippen MR) is 87.4 cm³/mol. The Kier molecular flexibility index (Phi) is 4.48. The van der Waals surface area contributed by atoms with Crippen LogP contribution in [0.3, 0.4) is 0 Å². The van der Waals surface area contributed by atoms with Crippen molar-refractivity contribution >= 4 is 29.0 Å². The maximum atomic E-state index is 12.5. The van der Waals surface area contributed by atoms with E-state index in [1.54, 1.807) is 25.1 Å². The number of rotatable bonds is 3. The van der Waals surface area contributed by atoms with Gasteiger partial charge in [-0.05, 0) is 43.2 Å². The molecular formula is C16H18ClN3O. The Labute approximate surface area is 129 Å². The number of amides is 1. The summed E-state index contributed by atoms with van der Waals surface area (Å²) in [5.74, 6) is 0.416. The molecule has 5 heteroatoms. The van der Waals surface area contributed by atoms with Gasteiger partial charge < -0.3 is 10.2 Å². The summed E-state index contributed by atoms with van der Waals surface area (Å²) in [6.07, 6.45) is 1.53. The zero-order valence-corrected chi connectivity index (χ0v) is 13.3. The molecule has 0 saturated heterocycles. The number of hydrogen-bond donors (Lipinski definition) is 1. The van der Waals surface area contributed by atoms with E-state index in [1.165, 1.54) is 6.20 Å².